The number of rotatable bonds is 5. The van der Waals surface area contributed by atoms with Crippen molar-refractivity contribution in [3.8, 4) is 0 Å². The molecule has 5 nitrogen and oxygen atoms in total. The summed E-state index contributed by atoms with van der Waals surface area (Å²) in [5, 5.41) is 6.19. The normalized spacial score (nSPS) is 12.1. The van der Waals surface area contributed by atoms with Crippen LogP contribution in [0, 0.1) is 12.7 Å². The summed E-state index contributed by atoms with van der Waals surface area (Å²) in [4.78, 5) is 4.44. The molecule has 0 aliphatic carbocycles. The van der Waals surface area contributed by atoms with Crippen LogP contribution in [0.5, 0.6) is 0 Å². The van der Waals surface area contributed by atoms with Crippen molar-refractivity contribution in [2.75, 3.05) is 13.3 Å². The summed E-state index contributed by atoms with van der Waals surface area (Å²) in [5.41, 5.74) is 2.15. The fraction of sp³-hybridized carbons (Fsp3) is 0.278. The molecule has 0 aliphatic heterocycles. The molecule has 0 amide bonds. The molecule has 2 rings (SSSR count). The van der Waals surface area contributed by atoms with Gasteiger partial charge in [0.15, 0.2) is 15.8 Å². The van der Waals surface area contributed by atoms with Gasteiger partial charge >= 0.3 is 0 Å². The average Bonchev–Trinajstić information content (AvgIpc) is 2.56. The van der Waals surface area contributed by atoms with Crippen molar-refractivity contribution in [2.24, 2.45) is 4.99 Å². The third-order valence-electron chi connectivity index (χ3n) is 3.78. The number of hydrogen-bond donors (Lipinski definition) is 2. The molecule has 0 bridgehead atoms. The zero-order valence-electron chi connectivity index (χ0n) is 14.8. The van der Waals surface area contributed by atoms with Gasteiger partial charge in [0, 0.05) is 36.4 Å². The number of sulfone groups is 1. The second kappa shape index (κ2) is 8.64. The molecule has 0 unspecified atom stereocenters. The SMILES string of the molecule is CN=C(NCc1ccc(S(C)(=O)=O)c(C)c1)NCc1cc(Br)ccc1F. The van der Waals surface area contributed by atoms with Gasteiger partial charge in [-0.3, -0.25) is 4.99 Å². The van der Waals surface area contributed by atoms with Crippen molar-refractivity contribution in [1.82, 2.24) is 10.6 Å². The van der Waals surface area contributed by atoms with Crippen molar-refractivity contribution >= 4 is 31.7 Å². The molecule has 0 aliphatic rings. The topological polar surface area (TPSA) is 70.6 Å². The lowest BCUT2D eigenvalue weighted by molar-refractivity contribution is 0.601. The van der Waals surface area contributed by atoms with E-state index >= 15 is 0 Å². The summed E-state index contributed by atoms with van der Waals surface area (Å²) in [6.07, 6.45) is 1.19. The van der Waals surface area contributed by atoms with E-state index < -0.39 is 9.84 Å². The molecule has 2 N–H and O–H groups in total. The number of nitrogens with zero attached hydrogens (tertiary/aromatic N) is 1. The fourth-order valence-electron chi connectivity index (χ4n) is 2.50. The van der Waals surface area contributed by atoms with Crippen LogP contribution >= 0.6 is 15.9 Å². The molecule has 2 aromatic carbocycles. The Morgan fingerprint density at radius 2 is 1.85 bits per heavy atom. The quantitative estimate of drug-likeness (QED) is 0.552. The van der Waals surface area contributed by atoms with Crippen LogP contribution in [0.3, 0.4) is 0 Å². The molecule has 0 atom stereocenters. The maximum atomic E-state index is 13.8. The Hall–Kier alpha value is -1.93. The van der Waals surface area contributed by atoms with Crippen LogP contribution in [-0.2, 0) is 22.9 Å². The van der Waals surface area contributed by atoms with Crippen molar-refractivity contribution in [3.05, 3.63) is 63.4 Å². The van der Waals surface area contributed by atoms with Crippen LogP contribution in [-0.4, -0.2) is 27.7 Å². The highest BCUT2D eigenvalue weighted by Crippen LogP contribution is 2.17. The maximum absolute atomic E-state index is 13.8. The standard InChI is InChI=1S/C18H21BrFN3O2S/c1-12-8-13(4-7-17(12)26(3,24)25)10-22-18(21-2)23-11-14-9-15(19)5-6-16(14)20/h4-9H,10-11H2,1-3H3,(H2,21,22,23). The van der Waals surface area contributed by atoms with E-state index in [1.165, 1.54) is 12.3 Å². The van der Waals surface area contributed by atoms with Gasteiger partial charge in [0.05, 0.1) is 4.90 Å². The van der Waals surface area contributed by atoms with Crippen LogP contribution in [0.2, 0.25) is 0 Å². The van der Waals surface area contributed by atoms with E-state index in [2.05, 4.69) is 31.6 Å². The first kappa shape index (κ1) is 20.4. The zero-order chi connectivity index (χ0) is 19.3. The minimum absolute atomic E-state index is 0.289. The minimum Gasteiger partial charge on any atom is -0.352 e. The predicted octanol–water partition coefficient (Wildman–Crippen LogP) is 3.17. The van der Waals surface area contributed by atoms with E-state index in [1.54, 1.807) is 38.2 Å². The summed E-state index contributed by atoms with van der Waals surface area (Å²) in [6.45, 7) is 2.52. The molecule has 2 aromatic rings. The first-order valence-corrected chi connectivity index (χ1v) is 10.6. The number of hydrogen-bond acceptors (Lipinski definition) is 3. The molecule has 26 heavy (non-hydrogen) atoms. The maximum Gasteiger partial charge on any atom is 0.191 e. The van der Waals surface area contributed by atoms with Crippen LogP contribution in [0.4, 0.5) is 4.39 Å². The average molecular weight is 442 g/mol. The van der Waals surface area contributed by atoms with E-state index in [1.807, 2.05) is 6.07 Å². The van der Waals surface area contributed by atoms with Crippen LogP contribution in [0.25, 0.3) is 0 Å². The Morgan fingerprint density at radius 3 is 2.46 bits per heavy atom. The lowest BCUT2D eigenvalue weighted by Gasteiger charge is -2.13. The summed E-state index contributed by atoms with van der Waals surface area (Å²) >= 11 is 3.33. The summed E-state index contributed by atoms with van der Waals surface area (Å²) < 4.78 is 37.9. The molecule has 0 saturated carbocycles. The molecule has 140 valence electrons. The van der Waals surface area contributed by atoms with Gasteiger partial charge in [0.2, 0.25) is 0 Å². The number of benzene rings is 2. The first-order chi connectivity index (χ1) is 12.2. The van der Waals surface area contributed by atoms with Gasteiger partial charge in [-0.2, -0.15) is 0 Å². The Kier molecular flexibility index (Phi) is 6.77. The smallest absolute Gasteiger partial charge is 0.191 e. The van der Waals surface area contributed by atoms with Crippen LogP contribution in [0.15, 0.2) is 50.8 Å². The van der Waals surface area contributed by atoms with Crippen LogP contribution < -0.4 is 10.6 Å². The van der Waals surface area contributed by atoms with Crippen molar-refractivity contribution in [3.63, 3.8) is 0 Å². The number of aryl methyl sites for hydroxylation is 1. The second-order valence-electron chi connectivity index (χ2n) is 5.89. The van der Waals surface area contributed by atoms with E-state index in [4.69, 9.17) is 0 Å². The summed E-state index contributed by atoms with van der Waals surface area (Å²) in [5.74, 6) is 0.234. The van der Waals surface area contributed by atoms with Crippen LogP contribution in [0.1, 0.15) is 16.7 Å². The molecule has 8 heteroatoms. The highest BCUT2D eigenvalue weighted by molar-refractivity contribution is 9.10. The van der Waals surface area contributed by atoms with Gasteiger partial charge in [-0.25, -0.2) is 12.8 Å². The molecule has 0 saturated heterocycles. The number of nitrogens with one attached hydrogen (secondary N) is 2. The van der Waals surface area contributed by atoms with E-state index in [-0.39, 0.29) is 12.4 Å². The Bertz CT molecular complexity index is 930. The highest BCUT2D eigenvalue weighted by Gasteiger charge is 2.11. The van der Waals surface area contributed by atoms with Gasteiger partial charge in [-0.05, 0) is 42.3 Å². The summed E-state index contributed by atoms with van der Waals surface area (Å²) in [6, 6.07) is 9.96. The number of halogens is 2. The molecule has 0 aromatic heterocycles. The van der Waals surface area contributed by atoms with Crippen molar-refractivity contribution in [2.45, 2.75) is 24.9 Å². The minimum atomic E-state index is -3.23. The van der Waals surface area contributed by atoms with Gasteiger partial charge in [-0.15, -0.1) is 0 Å². The van der Waals surface area contributed by atoms with E-state index in [9.17, 15) is 12.8 Å². The molecule has 0 spiro atoms. The van der Waals surface area contributed by atoms with Crippen molar-refractivity contribution < 1.29 is 12.8 Å². The molecule has 0 radical (unpaired) electrons. The van der Waals surface area contributed by atoms with E-state index in [0.29, 0.717) is 28.5 Å². The fourth-order valence-corrected chi connectivity index (χ4v) is 3.87. The third-order valence-corrected chi connectivity index (χ3v) is 5.53. The third kappa shape index (κ3) is 5.54. The second-order valence-corrected chi connectivity index (χ2v) is 8.79. The molecule has 0 heterocycles. The highest BCUT2D eigenvalue weighted by atomic mass is 79.9. The largest absolute Gasteiger partial charge is 0.352 e. The Balaban J connectivity index is 1.99. The number of aliphatic imine (C=N–C) groups is 1. The van der Waals surface area contributed by atoms with Gasteiger partial charge in [0.25, 0.3) is 0 Å². The first-order valence-electron chi connectivity index (χ1n) is 7.88. The zero-order valence-corrected chi connectivity index (χ0v) is 17.2. The number of guanidine groups is 1. The van der Waals surface area contributed by atoms with Gasteiger partial charge in [0.1, 0.15) is 5.82 Å². The Labute approximate surface area is 161 Å². The lowest BCUT2D eigenvalue weighted by Crippen LogP contribution is -2.36. The molecule has 0 fully saturated rings. The van der Waals surface area contributed by atoms with E-state index in [0.717, 1.165) is 10.0 Å². The van der Waals surface area contributed by atoms with Gasteiger partial charge in [-0.1, -0.05) is 28.1 Å². The van der Waals surface area contributed by atoms with Gasteiger partial charge < -0.3 is 10.6 Å². The molecular weight excluding hydrogens is 421 g/mol. The summed E-state index contributed by atoms with van der Waals surface area (Å²) in [7, 11) is -1.60. The lowest BCUT2D eigenvalue weighted by atomic mass is 10.1. The Morgan fingerprint density at radius 1 is 1.15 bits per heavy atom. The monoisotopic (exact) mass is 441 g/mol. The molecular formula is C18H21BrFN3O2S. The predicted molar refractivity (Wildman–Crippen MR) is 105 cm³/mol. The van der Waals surface area contributed by atoms with Crippen molar-refractivity contribution in [1.29, 1.82) is 0 Å².